The van der Waals surface area contributed by atoms with E-state index in [0.717, 1.165) is 22.0 Å². The Morgan fingerprint density at radius 1 is 0.946 bits per heavy atom. The molecule has 1 fully saturated rings. The summed E-state index contributed by atoms with van der Waals surface area (Å²) >= 11 is 3.47. The Morgan fingerprint density at radius 2 is 1.59 bits per heavy atom. The molecule has 56 heavy (non-hydrogen) atoms. The standard InChI is InChI=1S/C43H71BrN4O8/c1-15-27(6)41(47(11)43(52)32(25(2)3)22-37(50)40(26(4)5)46(9)10)38(55-13)23-39(51)48-24-31(54-12)21-35(48)42(56-14)29(8)36(49)19-18-34(45-53)33-20-30(44)17-16-28(33)7/h16-17,20,25-27,29,31-32,35,38,40-42,53H,15,18-19,21-24H2,1-14H3/t27-,29-,31+,32-,35?,38+,40-,41-,42+/m0/s1. The highest BCUT2D eigenvalue weighted by Crippen LogP contribution is 2.32. The summed E-state index contributed by atoms with van der Waals surface area (Å²) in [5, 5.41) is 13.4. The van der Waals surface area contributed by atoms with Crippen molar-refractivity contribution in [2.24, 2.45) is 34.7 Å². The van der Waals surface area contributed by atoms with Crippen LogP contribution in [0.3, 0.4) is 0 Å². The van der Waals surface area contributed by atoms with Crippen molar-refractivity contribution in [1.82, 2.24) is 14.7 Å². The van der Waals surface area contributed by atoms with Crippen LogP contribution in [0.2, 0.25) is 0 Å². The van der Waals surface area contributed by atoms with Crippen LogP contribution in [0.25, 0.3) is 0 Å². The molecule has 0 aliphatic carbocycles. The van der Waals surface area contributed by atoms with E-state index in [1.165, 1.54) is 0 Å². The van der Waals surface area contributed by atoms with Crippen molar-refractivity contribution in [3.63, 3.8) is 0 Å². The second-order valence-corrected chi connectivity index (χ2v) is 17.6. The summed E-state index contributed by atoms with van der Waals surface area (Å²) in [6.45, 7) is 16.1. The van der Waals surface area contributed by atoms with Crippen LogP contribution in [0.4, 0.5) is 0 Å². The molecule has 2 amide bonds. The van der Waals surface area contributed by atoms with Crippen LogP contribution in [0.15, 0.2) is 27.8 Å². The molecule has 1 aromatic rings. The van der Waals surface area contributed by atoms with Gasteiger partial charge in [0, 0.05) is 76.1 Å². The number of rotatable bonds is 23. The molecular weight excluding hydrogens is 780 g/mol. The van der Waals surface area contributed by atoms with E-state index < -0.39 is 36.1 Å². The summed E-state index contributed by atoms with van der Waals surface area (Å²) in [6, 6.07) is 4.51. The molecule has 1 heterocycles. The first-order chi connectivity index (χ1) is 26.3. The Morgan fingerprint density at radius 3 is 2.09 bits per heavy atom. The number of amides is 2. The van der Waals surface area contributed by atoms with Gasteiger partial charge in [0.15, 0.2) is 5.78 Å². The Balaban J connectivity index is 2.34. The molecule has 1 N–H and O–H groups in total. The number of Topliss-reactive ketones (excluding diaryl/α,β-unsaturated/α-hetero) is 2. The van der Waals surface area contributed by atoms with Gasteiger partial charge in [-0.3, -0.25) is 24.1 Å². The maximum Gasteiger partial charge on any atom is 0.226 e. The number of ketones is 2. The molecule has 1 unspecified atom stereocenters. The number of carbonyl (C=O) groups excluding carboxylic acids is 4. The third-order valence-electron chi connectivity index (χ3n) is 12.0. The van der Waals surface area contributed by atoms with Crippen LogP contribution in [0.5, 0.6) is 0 Å². The van der Waals surface area contributed by atoms with Crippen molar-refractivity contribution < 1.29 is 38.6 Å². The third kappa shape index (κ3) is 12.6. The van der Waals surface area contributed by atoms with Crippen LogP contribution in [0.1, 0.15) is 98.1 Å². The first-order valence-electron chi connectivity index (χ1n) is 20.1. The zero-order valence-corrected chi connectivity index (χ0v) is 38.1. The number of likely N-dealkylation sites (tertiary alicyclic amines) is 1. The van der Waals surface area contributed by atoms with Gasteiger partial charge in [-0.25, -0.2) is 0 Å². The van der Waals surface area contributed by atoms with Crippen LogP contribution in [-0.2, 0) is 33.4 Å². The summed E-state index contributed by atoms with van der Waals surface area (Å²) in [6.07, 6.45) is 0.201. The fourth-order valence-corrected chi connectivity index (χ4v) is 8.93. The summed E-state index contributed by atoms with van der Waals surface area (Å²) < 4.78 is 18.7. The van der Waals surface area contributed by atoms with Gasteiger partial charge in [0.05, 0.1) is 48.6 Å². The van der Waals surface area contributed by atoms with Crippen LogP contribution in [0, 0.1) is 36.5 Å². The summed E-state index contributed by atoms with van der Waals surface area (Å²) in [5.74, 6) is -1.46. The molecule has 0 spiro atoms. The predicted molar refractivity (Wildman–Crippen MR) is 224 cm³/mol. The van der Waals surface area contributed by atoms with Gasteiger partial charge in [-0.05, 0) is 62.9 Å². The number of likely N-dealkylation sites (N-methyl/N-ethyl adjacent to an activating group) is 2. The van der Waals surface area contributed by atoms with Crippen molar-refractivity contribution in [2.45, 2.75) is 130 Å². The minimum Gasteiger partial charge on any atom is -0.411 e. The molecule has 1 aliphatic heterocycles. The molecule has 0 radical (unpaired) electrons. The van der Waals surface area contributed by atoms with E-state index >= 15 is 0 Å². The Bertz CT molecular complexity index is 1480. The first kappa shape index (κ1) is 49.4. The molecule has 1 aliphatic rings. The summed E-state index contributed by atoms with van der Waals surface area (Å²) in [4.78, 5) is 61.5. The average Bonchev–Trinajstić information content (AvgIpc) is 3.58. The SMILES string of the molecule is CC[C@H](C)[C@@H]([C@@H](CC(=O)N1C[C@H](OC)CC1[C@H](OC)[C@@H](C)C(=O)CCC(=NO)c1cc(Br)ccc1C)OC)N(C)C(=O)[C@@H](CC(=O)[C@H](C(C)C)N(C)C)C(C)C. The van der Waals surface area contributed by atoms with Gasteiger partial charge in [-0.1, -0.05) is 82.0 Å². The highest BCUT2D eigenvalue weighted by Gasteiger charge is 2.45. The van der Waals surface area contributed by atoms with Gasteiger partial charge >= 0.3 is 0 Å². The topological polar surface area (TPSA) is 138 Å². The van der Waals surface area contributed by atoms with Crippen LogP contribution in [-0.4, -0.2) is 134 Å². The number of halogens is 1. The quantitative estimate of drug-likeness (QED) is 0.0729. The first-order valence-corrected chi connectivity index (χ1v) is 20.9. The summed E-state index contributed by atoms with van der Waals surface area (Å²) in [5.41, 5.74) is 2.10. The monoisotopic (exact) mass is 850 g/mol. The van der Waals surface area contributed by atoms with E-state index in [1.807, 2.05) is 78.7 Å². The number of hydrogen-bond donors (Lipinski definition) is 1. The van der Waals surface area contributed by atoms with Crippen molar-refractivity contribution >= 4 is 45.0 Å². The van der Waals surface area contributed by atoms with Gasteiger partial charge in [0.25, 0.3) is 0 Å². The molecule has 1 aromatic carbocycles. The fourth-order valence-electron chi connectivity index (χ4n) is 8.57. The number of carbonyl (C=O) groups is 4. The maximum absolute atomic E-state index is 14.4. The Kier molecular flexibility index (Phi) is 20.3. The van der Waals surface area contributed by atoms with Gasteiger partial charge < -0.3 is 29.2 Å². The fraction of sp³-hybridized carbons (Fsp3) is 0.744. The lowest BCUT2D eigenvalue weighted by molar-refractivity contribution is -0.149. The maximum atomic E-state index is 14.4. The van der Waals surface area contributed by atoms with Gasteiger partial charge in [0.2, 0.25) is 11.8 Å². The Hall–Kier alpha value is -2.71. The average molecular weight is 852 g/mol. The zero-order valence-electron chi connectivity index (χ0n) is 36.5. The number of methoxy groups -OCH3 is 3. The van der Waals surface area contributed by atoms with Crippen LogP contribution < -0.4 is 0 Å². The van der Waals surface area contributed by atoms with Crippen LogP contribution >= 0.6 is 15.9 Å². The summed E-state index contributed by atoms with van der Waals surface area (Å²) in [7, 11) is 10.3. The minimum atomic E-state index is -0.639. The minimum absolute atomic E-state index is 0.00153. The number of nitrogens with zero attached hydrogens (tertiary/aromatic N) is 4. The molecule has 12 nitrogen and oxygen atoms in total. The number of oxime groups is 1. The second-order valence-electron chi connectivity index (χ2n) is 16.6. The lowest BCUT2D eigenvalue weighted by Gasteiger charge is -2.41. The number of hydrogen-bond acceptors (Lipinski definition) is 10. The lowest BCUT2D eigenvalue weighted by Crippen LogP contribution is -2.54. The van der Waals surface area contributed by atoms with E-state index in [4.69, 9.17) is 14.2 Å². The Labute approximate surface area is 345 Å². The van der Waals surface area contributed by atoms with Crippen molar-refractivity contribution in [3.8, 4) is 0 Å². The highest BCUT2D eigenvalue weighted by molar-refractivity contribution is 9.10. The molecule has 0 saturated carbocycles. The molecule has 13 heteroatoms. The highest BCUT2D eigenvalue weighted by atomic mass is 79.9. The van der Waals surface area contributed by atoms with Gasteiger partial charge in [0.1, 0.15) is 5.78 Å². The van der Waals surface area contributed by atoms with Crippen molar-refractivity contribution in [3.05, 3.63) is 33.8 Å². The van der Waals surface area contributed by atoms with Gasteiger partial charge in [-0.2, -0.15) is 0 Å². The van der Waals surface area contributed by atoms with E-state index in [9.17, 15) is 24.4 Å². The molecule has 9 atom stereocenters. The molecule has 2 rings (SSSR count). The second kappa shape index (κ2) is 23.0. The number of benzene rings is 1. The normalized spacial score (nSPS) is 20.2. The molecule has 0 bridgehead atoms. The third-order valence-corrected chi connectivity index (χ3v) is 12.5. The predicted octanol–water partition coefficient (Wildman–Crippen LogP) is 6.65. The largest absolute Gasteiger partial charge is 0.411 e. The van der Waals surface area contributed by atoms with E-state index in [1.54, 1.807) is 38.2 Å². The molecular formula is C43H71BrN4O8. The number of ether oxygens (including phenoxy) is 3. The molecule has 1 saturated heterocycles. The molecule has 318 valence electrons. The van der Waals surface area contributed by atoms with E-state index in [0.29, 0.717) is 18.7 Å². The van der Waals surface area contributed by atoms with Crippen molar-refractivity contribution in [1.29, 1.82) is 0 Å². The smallest absolute Gasteiger partial charge is 0.226 e. The molecule has 0 aromatic heterocycles. The number of aryl methyl sites for hydroxylation is 1. The van der Waals surface area contributed by atoms with Gasteiger partial charge in [-0.15, -0.1) is 0 Å². The lowest BCUT2D eigenvalue weighted by atomic mass is 9.83. The van der Waals surface area contributed by atoms with Crippen molar-refractivity contribution in [2.75, 3.05) is 49.0 Å². The van der Waals surface area contributed by atoms with E-state index in [-0.39, 0.29) is 79.0 Å². The zero-order chi connectivity index (χ0) is 42.6. The van der Waals surface area contributed by atoms with E-state index in [2.05, 4.69) is 34.9 Å².